The number of carbonyl (C=O) groups is 1. The van der Waals surface area contributed by atoms with E-state index < -0.39 is 0 Å². The molecule has 0 spiro atoms. The molecule has 1 aromatic carbocycles. The summed E-state index contributed by atoms with van der Waals surface area (Å²) in [5.41, 5.74) is 6.60. The Morgan fingerprint density at radius 3 is 2.71 bits per heavy atom. The summed E-state index contributed by atoms with van der Waals surface area (Å²) in [5.74, 6) is 0.118. The molecule has 0 saturated carbocycles. The van der Waals surface area contributed by atoms with Gasteiger partial charge in [0.2, 0.25) is 0 Å². The van der Waals surface area contributed by atoms with E-state index in [0.29, 0.717) is 6.67 Å². The van der Waals surface area contributed by atoms with Gasteiger partial charge in [-0.05, 0) is 23.6 Å². The van der Waals surface area contributed by atoms with E-state index in [2.05, 4.69) is 26.4 Å². The highest BCUT2D eigenvalue weighted by Gasteiger charge is 2.38. The second-order valence-electron chi connectivity index (χ2n) is 6.10. The van der Waals surface area contributed by atoms with Crippen molar-refractivity contribution < 1.29 is 4.79 Å². The molecule has 1 unspecified atom stereocenters. The SMILES string of the molecule is CC(C)C1=C(c2ccc(-n3ccnn3)cc2)NC2NCNN2C1=O. The Labute approximate surface area is 139 Å². The number of hydrazine groups is 1. The van der Waals surface area contributed by atoms with E-state index in [0.717, 1.165) is 22.5 Å². The first kappa shape index (κ1) is 14.9. The van der Waals surface area contributed by atoms with E-state index in [1.165, 1.54) is 0 Å². The molecule has 2 aromatic rings. The second-order valence-corrected chi connectivity index (χ2v) is 6.10. The smallest absolute Gasteiger partial charge is 0.269 e. The summed E-state index contributed by atoms with van der Waals surface area (Å²) in [6.07, 6.45) is 3.20. The number of fused-ring (bicyclic) bond motifs is 1. The van der Waals surface area contributed by atoms with Crippen molar-refractivity contribution in [3.8, 4) is 5.69 Å². The van der Waals surface area contributed by atoms with E-state index in [1.54, 1.807) is 22.1 Å². The lowest BCUT2D eigenvalue weighted by molar-refractivity contribution is -0.132. The normalized spacial score (nSPS) is 20.5. The Bertz CT molecular complexity index is 779. The minimum absolute atomic E-state index is 0.00843. The fourth-order valence-corrected chi connectivity index (χ4v) is 3.07. The lowest BCUT2D eigenvalue weighted by Gasteiger charge is -2.34. The maximum atomic E-state index is 12.8. The molecule has 4 rings (SSSR count). The van der Waals surface area contributed by atoms with Gasteiger partial charge in [-0.1, -0.05) is 31.2 Å². The average molecular weight is 325 g/mol. The maximum Gasteiger partial charge on any atom is 0.269 e. The number of rotatable bonds is 3. The number of nitrogens with one attached hydrogen (secondary N) is 3. The molecule has 8 heteroatoms. The summed E-state index contributed by atoms with van der Waals surface area (Å²) in [6, 6.07) is 7.92. The van der Waals surface area contributed by atoms with Gasteiger partial charge in [0, 0.05) is 5.57 Å². The van der Waals surface area contributed by atoms with Crippen molar-refractivity contribution in [2.24, 2.45) is 5.92 Å². The van der Waals surface area contributed by atoms with Gasteiger partial charge in [0.15, 0.2) is 6.29 Å². The zero-order valence-electron chi connectivity index (χ0n) is 13.5. The van der Waals surface area contributed by atoms with Crippen molar-refractivity contribution in [1.29, 1.82) is 0 Å². The van der Waals surface area contributed by atoms with Crippen LogP contribution in [0.15, 0.2) is 42.2 Å². The quantitative estimate of drug-likeness (QED) is 0.758. The van der Waals surface area contributed by atoms with E-state index in [9.17, 15) is 4.79 Å². The van der Waals surface area contributed by atoms with Gasteiger partial charge in [-0.3, -0.25) is 10.1 Å². The van der Waals surface area contributed by atoms with Gasteiger partial charge in [0.25, 0.3) is 5.91 Å². The molecule has 3 N–H and O–H groups in total. The van der Waals surface area contributed by atoms with Crippen LogP contribution in [0.5, 0.6) is 0 Å². The molecule has 1 aromatic heterocycles. The number of hydrogen-bond acceptors (Lipinski definition) is 6. The fourth-order valence-electron chi connectivity index (χ4n) is 3.07. The van der Waals surface area contributed by atoms with Gasteiger partial charge in [-0.2, -0.15) is 0 Å². The van der Waals surface area contributed by atoms with Crippen LogP contribution in [0.2, 0.25) is 0 Å². The van der Waals surface area contributed by atoms with Crippen LogP contribution < -0.4 is 16.1 Å². The first-order valence-corrected chi connectivity index (χ1v) is 7.93. The highest BCUT2D eigenvalue weighted by atomic mass is 16.2. The molecule has 24 heavy (non-hydrogen) atoms. The standard InChI is InChI=1S/C16H19N7O/c1-10(2)13-14(20-16-17-9-19-23(16)15(13)24)11-3-5-12(6-4-11)22-8-7-18-21-22/h3-8,10,16-17,19-20H,9H2,1-2H3. The third kappa shape index (κ3) is 2.36. The van der Waals surface area contributed by atoms with Crippen LogP contribution in [0.4, 0.5) is 0 Å². The monoisotopic (exact) mass is 325 g/mol. The van der Waals surface area contributed by atoms with Crippen LogP contribution in [-0.2, 0) is 4.79 Å². The van der Waals surface area contributed by atoms with Crippen LogP contribution in [0.25, 0.3) is 11.4 Å². The molecular weight excluding hydrogens is 306 g/mol. The number of nitrogens with zero attached hydrogens (tertiary/aromatic N) is 4. The molecule has 0 bridgehead atoms. The number of hydrogen-bond donors (Lipinski definition) is 3. The zero-order valence-corrected chi connectivity index (χ0v) is 13.5. The molecule has 1 fully saturated rings. The number of aromatic nitrogens is 3. The topological polar surface area (TPSA) is 87.1 Å². The molecule has 1 atom stereocenters. The lowest BCUT2D eigenvalue weighted by atomic mass is 9.94. The number of amides is 1. The Morgan fingerprint density at radius 2 is 2.04 bits per heavy atom. The molecule has 2 aliphatic heterocycles. The Balaban J connectivity index is 1.73. The third-order valence-electron chi connectivity index (χ3n) is 4.22. The Morgan fingerprint density at radius 1 is 1.25 bits per heavy atom. The number of benzene rings is 1. The van der Waals surface area contributed by atoms with Crippen molar-refractivity contribution in [2.75, 3.05) is 6.67 Å². The van der Waals surface area contributed by atoms with Gasteiger partial charge < -0.3 is 5.32 Å². The molecule has 1 amide bonds. The van der Waals surface area contributed by atoms with Crippen molar-refractivity contribution in [3.63, 3.8) is 0 Å². The minimum Gasteiger partial charge on any atom is -0.351 e. The predicted molar refractivity (Wildman–Crippen MR) is 88.0 cm³/mol. The fraction of sp³-hybridized carbons (Fsp3) is 0.312. The van der Waals surface area contributed by atoms with Gasteiger partial charge in [-0.15, -0.1) is 5.10 Å². The van der Waals surface area contributed by atoms with Crippen molar-refractivity contribution in [1.82, 2.24) is 36.1 Å². The van der Waals surface area contributed by atoms with E-state index in [1.807, 2.05) is 38.1 Å². The Hall–Kier alpha value is -2.71. The van der Waals surface area contributed by atoms with Gasteiger partial charge in [-0.25, -0.2) is 15.1 Å². The first-order valence-electron chi connectivity index (χ1n) is 7.93. The van der Waals surface area contributed by atoms with Crippen LogP contribution in [0.1, 0.15) is 19.4 Å². The average Bonchev–Trinajstić information content (AvgIpc) is 3.26. The highest BCUT2D eigenvalue weighted by Crippen LogP contribution is 2.29. The molecule has 0 radical (unpaired) electrons. The minimum atomic E-state index is -0.231. The van der Waals surface area contributed by atoms with Crippen LogP contribution in [0, 0.1) is 5.92 Å². The summed E-state index contributed by atoms with van der Waals surface area (Å²) in [4.78, 5) is 12.8. The van der Waals surface area contributed by atoms with Gasteiger partial charge in [0.05, 0.1) is 30.4 Å². The summed E-state index contributed by atoms with van der Waals surface area (Å²) in [5, 5.41) is 16.1. The lowest BCUT2D eigenvalue weighted by Crippen LogP contribution is -2.56. The van der Waals surface area contributed by atoms with Gasteiger partial charge >= 0.3 is 0 Å². The van der Waals surface area contributed by atoms with Crippen molar-refractivity contribution >= 4 is 11.6 Å². The second kappa shape index (κ2) is 5.73. The van der Waals surface area contributed by atoms with Crippen molar-refractivity contribution in [2.45, 2.75) is 20.1 Å². The largest absolute Gasteiger partial charge is 0.351 e. The summed E-state index contributed by atoms with van der Waals surface area (Å²) >= 11 is 0. The van der Waals surface area contributed by atoms with Crippen molar-refractivity contribution in [3.05, 3.63) is 47.8 Å². The molecule has 0 aliphatic carbocycles. The van der Waals surface area contributed by atoms with E-state index in [4.69, 9.17) is 0 Å². The molecule has 8 nitrogen and oxygen atoms in total. The molecular formula is C16H19N7O. The Kier molecular flexibility index (Phi) is 3.55. The molecule has 124 valence electrons. The molecule has 2 aliphatic rings. The molecule has 1 saturated heterocycles. The zero-order chi connectivity index (χ0) is 16.7. The molecule has 3 heterocycles. The van der Waals surface area contributed by atoms with E-state index in [-0.39, 0.29) is 18.1 Å². The predicted octanol–water partition coefficient (Wildman–Crippen LogP) is 0.415. The van der Waals surface area contributed by atoms with Crippen LogP contribution in [0.3, 0.4) is 0 Å². The van der Waals surface area contributed by atoms with E-state index >= 15 is 0 Å². The number of carbonyl (C=O) groups excluding carboxylic acids is 1. The van der Waals surface area contributed by atoms with Crippen LogP contribution >= 0.6 is 0 Å². The summed E-state index contributed by atoms with van der Waals surface area (Å²) < 4.78 is 1.70. The van der Waals surface area contributed by atoms with Crippen LogP contribution in [-0.4, -0.2) is 38.9 Å². The third-order valence-corrected chi connectivity index (χ3v) is 4.22. The maximum absolute atomic E-state index is 12.8. The summed E-state index contributed by atoms with van der Waals surface area (Å²) in [7, 11) is 0. The highest BCUT2D eigenvalue weighted by molar-refractivity contribution is 6.02. The summed E-state index contributed by atoms with van der Waals surface area (Å²) in [6.45, 7) is 4.62. The van der Waals surface area contributed by atoms with Gasteiger partial charge in [0.1, 0.15) is 0 Å². The first-order chi connectivity index (χ1) is 11.6.